The summed E-state index contributed by atoms with van der Waals surface area (Å²) in [5.74, 6) is -0.423. The van der Waals surface area contributed by atoms with E-state index in [1.165, 1.54) is 0 Å². The Morgan fingerprint density at radius 2 is 2.15 bits per heavy atom. The average Bonchev–Trinajstić information content (AvgIpc) is 2.62. The molecule has 2 N–H and O–H groups in total. The summed E-state index contributed by atoms with van der Waals surface area (Å²) in [7, 11) is 0. The number of morpholine rings is 1. The van der Waals surface area contributed by atoms with Crippen LogP contribution in [0.15, 0.2) is 40.0 Å². The smallest absolute Gasteiger partial charge is 0.338 e. The van der Waals surface area contributed by atoms with E-state index in [-0.39, 0.29) is 12.6 Å². The second-order valence-corrected chi connectivity index (χ2v) is 7.00. The third-order valence-corrected chi connectivity index (χ3v) is 4.81. The Labute approximate surface area is 160 Å². The average molecular weight is 424 g/mol. The molecule has 3 rings (SSSR count). The lowest BCUT2D eigenvalue weighted by Crippen LogP contribution is -2.49. The molecule has 1 fully saturated rings. The highest BCUT2D eigenvalue weighted by Gasteiger charge is 2.34. The second-order valence-electron chi connectivity index (χ2n) is 6.09. The van der Waals surface area contributed by atoms with Crippen LogP contribution < -0.4 is 10.6 Å². The van der Waals surface area contributed by atoms with Gasteiger partial charge in [0.2, 0.25) is 0 Å². The Balaban J connectivity index is 1.98. The van der Waals surface area contributed by atoms with Crippen molar-refractivity contribution >= 4 is 27.9 Å². The molecule has 2 aliphatic rings. The molecule has 8 heteroatoms. The van der Waals surface area contributed by atoms with Gasteiger partial charge in [0.25, 0.3) is 0 Å². The van der Waals surface area contributed by atoms with Crippen LogP contribution in [0.4, 0.5) is 4.79 Å². The Morgan fingerprint density at radius 1 is 1.38 bits per heavy atom. The summed E-state index contributed by atoms with van der Waals surface area (Å²) in [6.45, 7) is 5.30. The van der Waals surface area contributed by atoms with Gasteiger partial charge >= 0.3 is 12.0 Å². The van der Waals surface area contributed by atoms with Gasteiger partial charge in [-0.05, 0) is 24.6 Å². The minimum absolute atomic E-state index is 0.270. The molecular formula is C18H22BrN3O4. The molecule has 1 atom stereocenters. The topological polar surface area (TPSA) is 79.9 Å². The summed E-state index contributed by atoms with van der Waals surface area (Å²) in [5.41, 5.74) is 1.84. The van der Waals surface area contributed by atoms with Gasteiger partial charge in [0.1, 0.15) is 0 Å². The second kappa shape index (κ2) is 8.66. The summed E-state index contributed by atoms with van der Waals surface area (Å²) in [5, 5.41) is 5.65. The van der Waals surface area contributed by atoms with Crippen molar-refractivity contribution in [2.45, 2.75) is 13.0 Å². The van der Waals surface area contributed by atoms with Crippen LogP contribution in [-0.4, -0.2) is 56.4 Å². The molecule has 2 amide bonds. The van der Waals surface area contributed by atoms with Crippen molar-refractivity contribution in [2.24, 2.45) is 0 Å². The molecule has 1 saturated heterocycles. The fraction of sp³-hybridized carbons (Fsp3) is 0.444. The van der Waals surface area contributed by atoms with E-state index >= 15 is 0 Å². The van der Waals surface area contributed by atoms with Crippen LogP contribution in [0.1, 0.15) is 18.5 Å². The lowest BCUT2D eigenvalue weighted by atomic mass is 9.95. The van der Waals surface area contributed by atoms with Crippen molar-refractivity contribution < 1.29 is 19.1 Å². The zero-order valence-corrected chi connectivity index (χ0v) is 16.2. The van der Waals surface area contributed by atoms with Crippen LogP contribution >= 0.6 is 15.9 Å². The standard InChI is InChI=1S/C18H22BrN3O4/c1-2-26-17(23)15-14(11-22-6-8-25-9-7-22)20-18(24)21-16(15)12-4-3-5-13(19)10-12/h3-5,10,16H,2,6-9,11H2,1H3,(H2,20,21,24)/t16-/m1/s1. The highest BCUT2D eigenvalue weighted by molar-refractivity contribution is 9.10. The van der Waals surface area contributed by atoms with Gasteiger partial charge in [-0.2, -0.15) is 0 Å². The number of halogens is 1. The van der Waals surface area contributed by atoms with Crippen molar-refractivity contribution in [3.05, 3.63) is 45.6 Å². The van der Waals surface area contributed by atoms with E-state index in [1.54, 1.807) is 6.92 Å². The van der Waals surface area contributed by atoms with Crippen LogP contribution in [-0.2, 0) is 14.3 Å². The number of ether oxygens (including phenoxy) is 2. The van der Waals surface area contributed by atoms with Crippen molar-refractivity contribution in [1.82, 2.24) is 15.5 Å². The first-order valence-corrected chi connectivity index (χ1v) is 9.41. The number of nitrogens with one attached hydrogen (secondary N) is 2. The highest BCUT2D eigenvalue weighted by atomic mass is 79.9. The van der Waals surface area contributed by atoms with Gasteiger partial charge in [0, 0.05) is 29.8 Å². The Bertz CT molecular complexity index is 716. The number of carbonyl (C=O) groups is 2. The maximum Gasteiger partial charge on any atom is 0.338 e. The lowest BCUT2D eigenvalue weighted by Gasteiger charge is -2.33. The predicted octanol–water partition coefficient (Wildman–Crippen LogP) is 1.95. The first-order chi connectivity index (χ1) is 12.6. The molecule has 2 heterocycles. The lowest BCUT2D eigenvalue weighted by molar-refractivity contribution is -0.139. The van der Waals surface area contributed by atoms with E-state index in [0.29, 0.717) is 31.0 Å². The number of esters is 1. The Kier molecular flexibility index (Phi) is 6.29. The number of benzene rings is 1. The fourth-order valence-corrected chi connectivity index (χ4v) is 3.53. The molecule has 1 aromatic carbocycles. The van der Waals surface area contributed by atoms with Gasteiger partial charge in [0.15, 0.2) is 0 Å². The van der Waals surface area contributed by atoms with Gasteiger partial charge in [-0.15, -0.1) is 0 Å². The number of urea groups is 1. The number of hydrogen-bond acceptors (Lipinski definition) is 5. The monoisotopic (exact) mass is 423 g/mol. The first kappa shape index (κ1) is 18.9. The minimum Gasteiger partial charge on any atom is -0.463 e. The number of amides is 2. The third-order valence-electron chi connectivity index (χ3n) is 4.32. The summed E-state index contributed by atoms with van der Waals surface area (Å²) >= 11 is 3.44. The van der Waals surface area contributed by atoms with Crippen molar-refractivity contribution in [3.8, 4) is 0 Å². The zero-order chi connectivity index (χ0) is 18.5. The summed E-state index contributed by atoms with van der Waals surface area (Å²) in [4.78, 5) is 27.1. The number of rotatable bonds is 5. The quantitative estimate of drug-likeness (QED) is 0.707. The molecule has 1 aromatic rings. The first-order valence-electron chi connectivity index (χ1n) is 8.61. The maximum absolute atomic E-state index is 12.7. The molecule has 26 heavy (non-hydrogen) atoms. The largest absolute Gasteiger partial charge is 0.463 e. The van der Waals surface area contributed by atoms with Gasteiger partial charge in [-0.25, -0.2) is 9.59 Å². The van der Waals surface area contributed by atoms with E-state index in [9.17, 15) is 9.59 Å². The van der Waals surface area contributed by atoms with Crippen LogP contribution in [0.5, 0.6) is 0 Å². The minimum atomic E-state index is -0.559. The molecule has 0 unspecified atom stereocenters. The van der Waals surface area contributed by atoms with Crippen LogP contribution in [0.3, 0.4) is 0 Å². The Hall–Kier alpha value is -1.90. The molecule has 0 radical (unpaired) electrons. The molecular weight excluding hydrogens is 402 g/mol. The van der Waals surface area contributed by atoms with Gasteiger partial charge in [0.05, 0.1) is 31.4 Å². The van der Waals surface area contributed by atoms with E-state index < -0.39 is 12.0 Å². The maximum atomic E-state index is 12.7. The van der Waals surface area contributed by atoms with E-state index in [2.05, 4.69) is 31.5 Å². The number of carbonyl (C=O) groups excluding carboxylic acids is 2. The summed E-state index contributed by atoms with van der Waals surface area (Å²) in [6, 6.07) is 6.66. The molecule has 7 nitrogen and oxygen atoms in total. The fourth-order valence-electron chi connectivity index (χ4n) is 3.11. The normalized spacial score (nSPS) is 21.2. The SMILES string of the molecule is CCOC(=O)C1=C(CN2CCOCC2)NC(=O)N[C@@H]1c1cccc(Br)c1. The van der Waals surface area contributed by atoms with Crippen molar-refractivity contribution in [1.29, 1.82) is 0 Å². The molecule has 0 aromatic heterocycles. The molecule has 140 valence electrons. The van der Waals surface area contributed by atoms with E-state index in [1.807, 2.05) is 24.3 Å². The molecule has 2 aliphatic heterocycles. The van der Waals surface area contributed by atoms with E-state index in [4.69, 9.17) is 9.47 Å². The van der Waals surface area contributed by atoms with Gasteiger partial charge in [-0.1, -0.05) is 28.1 Å². The van der Waals surface area contributed by atoms with Crippen LogP contribution in [0.25, 0.3) is 0 Å². The highest BCUT2D eigenvalue weighted by Crippen LogP contribution is 2.29. The summed E-state index contributed by atoms with van der Waals surface area (Å²) < 4.78 is 11.5. The van der Waals surface area contributed by atoms with Gasteiger partial charge in [-0.3, -0.25) is 4.90 Å². The third kappa shape index (κ3) is 4.44. The zero-order valence-electron chi connectivity index (χ0n) is 14.6. The van der Waals surface area contributed by atoms with Crippen LogP contribution in [0, 0.1) is 0 Å². The molecule has 0 spiro atoms. The van der Waals surface area contributed by atoms with E-state index in [0.717, 1.165) is 23.1 Å². The van der Waals surface area contributed by atoms with Gasteiger partial charge < -0.3 is 20.1 Å². The number of hydrogen-bond donors (Lipinski definition) is 2. The predicted molar refractivity (Wildman–Crippen MR) is 99.5 cm³/mol. The summed E-state index contributed by atoms with van der Waals surface area (Å²) in [6.07, 6.45) is 0. The molecule has 0 aliphatic carbocycles. The number of nitrogens with zero attached hydrogens (tertiary/aromatic N) is 1. The Morgan fingerprint density at radius 3 is 2.85 bits per heavy atom. The molecule has 0 saturated carbocycles. The van der Waals surface area contributed by atoms with Crippen molar-refractivity contribution in [3.63, 3.8) is 0 Å². The molecule has 0 bridgehead atoms. The van der Waals surface area contributed by atoms with Crippen LogP contribution in [0.2, 0.25) is 0 Å². The van der Waals surface area contributed by atoms with Crippen molar-refractivity contribution in [2.75, 3.05) is 39.5 Å².